The van der Waals surface area contributed by atoms with Gasteiger partial charge in [-0.25, -0.2) is 4.79 Å². The molecular formula is C43H59N5O7. The molecule has 298 valence electrons. The van der Waals surface area contributed by atoms with E-state index in [1.807, 2.05) is 102 Å². The summed E-state index contributed by atoms with van der Waals surface area (Å²) in [6.07, 6.45) is 1.43. The summed E-state index contributed by atoms with van der Waals surface area (Å²) in [6, 6.07) is 14.3. The van der Waals surface area contributed by atoms with Crippen molar-refractivity contribution in [2.45, 2.75) is 111 Å². The molecule has 0 bridgehead atoms. The van der Waals surface area contributed by atoms with Crippen LogP contribution in [0.25, 0.3) is 0 Å². The van der Waals surface area contributed by atoms with Crippen LogP contribution < -0.4 is 21.3 Å². The lowest BCUT2D eigenvalue weighted by atomic mass is 9.82. The molecule has 2 aromatic rings. The number of hydrogen-bond donors (Lipinski definition) is 4. The van der Waals surface area contributed by atoms with Gasteiger partial charge >= 0.3 is 6.09 Å². The van der Waals surface area contributed by atoms with E-state index in [2.05, 4.69) is 27.8 Å². The van der Waals surface area contributed by atoms with E-state index in [-0.39, 0.29) is 36.8 Å². The molecule has 0 radical (unpaired) electrons. The van der Waals surface area contributed by atoms with Crippen molar-refractivity contribution >= 4 is 35.5 Å². The molecule has 55 heavy (non-hydrogen) atoms. The summed E-state index contributed by atoms with van der Waals surface area (Å²) in [6.45, 7) is 20.6. The highest BCUT2D eigenvalue weighted by Gasteiger charge is 2.70. The number of carbonyl (C=O) groups excluding carboxylic acids is 6. The number of amides is 5. The molecule has 2 fully saturated rings. The topological polar surface area (TPSA) is 163 Å². The van der Waals surface area contributed by atoms with E-state index in [0.717, 1.165) is 11.1 Å². The fourth-order valence-electron chi connectivity index (χ4n) is 7.72. The fraction of sp³-hybridized carbons (Fsp3) is 0.535. The van der Waals surface area contributed by atoms with Gasteiger partial charge in [0.25, 0.3) is 5.91 Å². The number of likely N-dealkylation sites (tertiary alicyclic amines) is 1. The number of ether oxygens (including phenoxy) is 1. The zero-order chi connectivity index (χ0) is 40.9. The number of hydrogen-bond acceptors (Lipinski definition) is 7. The molecule has 2 aliphatic rings. The van der Waals surface area contributed by atoms with Gasteiger partial charge in [0, 0.05) is 19.0 Å². The summed E-state index contributed by atoms with van der Waals surface area (Å²) < 4.78 is 5.61. The molecule has 1 aliphatic heterocycles. The van der Waals surface area contributed by atoms with Crippen LogP contribution in [0.15, 0.2) is 73.3 Å². The highest BCUT2D eigenvalue weighted by molar-refractivity contribution is 6.38. The summed E-state index contributed by atoms with van der Waals surface area (Å²) in [5.41, 5.74) is -0.412. The molecule has 4 rings (SSSR count). The Morgan fingerprint density at radius 2 is 1.45 bits per heavy atom. The Morgan fingerprint density at radius 3 is 1.95 bits per heavy atom. The van der Waals surface area contributed by atoms with E-state index in [9.17, 15) is 28.8 Å². The molecule has 0 aromatic heterocycles. The van der Waals surface area contributed by atoms with Gasteiger partial charge in [-0.1, -0.05) is 115 Å². The molecule has 1 saturated carbocycles. The first-order chi connectivity index (χ1) is 25.7. The first-order valence-electron chi connectivity index (χ1n) is 19.2. The molecule has 12 nitrogen and oxygen atoms in total. The second-order valence-electron chi connectivity index (χ2n) is 17.3. The van der Waals surface area contributed by atoms with Crippen molar-refractivity contribution < 1.29 is 33.5 Å². The number of alkyl carbamates (subject to hydrolysis) is 1. The van der Waals surface area contributed by atoms with Crippen LogP contribution in [-0.4, -0.2) is 83.3 Å². The largest absolute Gasteiger partial charge is 0.444 e. The van der Waals surface area contributed by atoms with Gasteiger partial charge in [-0.3, -0.25) is 24.0 Å². The summed E-state index contributed by atoms with van der Waals surface area (Å²) in [5.74, 6) is -4.03. The third-order valence-corrected chi connectivity index (χ3v) is 10.6. The Hall–Kier alpha value is -5.00. The minimum absolute atomic E-state index is 0.0156. The normalized spacial score (nSPS) is 20.3. The third kappa shape index (κ3) is 10.2. The average Bonchev–Trinajstić information content (AvgIpc) is 3.41. The van der Waals surface area contributed by atoms with Crippen molar-refractivity contribution in [1.29, 1.82) is 0 Å². The Morgan fingerprint density at radius 1 is 0.891 bits per heavy atom. The van der Waals surface area contributed by atoms with Crippen molar-refractivity contribution in [3.63, 3.8) is 0 Å². The van der Waals surface area contributed by atoms with Crippen molar-refractivity contribution in [2.75, 3.05) is 13.1 Å². The maximum atomic E-state index is 14.8. The fourth-order valence-corrected chi connectivity index (χ4v) is 7.72. The highest BCUT2D eigenvalue weighted by Crippen LogP contribution is 2.65. The van der Waals surface area contributed by atoms with Gasteiger partial charge < -0.3 is 30.9 Å². The zero-order valence-corrected chi connectivity index (χ0v) is 33.7. The van der Waals surface area contributed by atoms with E-state index in [4.69, 9.17) is 4.74 Å². The molecule has 4 N–H and O–H groups in total. The summed E-state index contributed by atoms with van der Waals surface area (Å²) in [4.78, 5) is 84.3. The Balaban J connectivity index is 1.69. The second kappa shape index (κ2) is 17.2. The van der Waals surface area contributed by atoms with Crippen molar-refractivity contribution in [1.82, 2.24) is 26.2 Å². The quantitative estimate of drug-likeness (QED) is 0.149. The van der Waals surface area contributed by atoms with Crippen LogP contribution in [0.4, 0.5) is 4.79 Å². The number of nitrogens with one attached hydrogen (secondary N) is 4. The molecular weight excluding hydrogens is 699 g/mol. The SMILES string of the molecule is C=CCNC(=O)C(=O)C(CCC)NC(=O)[C@@H]1C2C(CN1C(=O)C(NC(=O)C(NC(=O)OC(C)(C)C)C(c1ccccc1)c1ccccc1)C(C)(C)C)C2(C)C. The average molecular weight is 758 g/mol. The van der Waals surface area contributed by atoms with Gasteiger partial charge in [-0.05, 0) is 61.0 Å². The van der Waals surface area contributed by atoms with E-state index in [1.165, 1.54) is 11.0 Å². The van der Waals surface area contributed by atoms with Crippen LogP contribution >= 0.6 is 0 Å². The van der Waals surface area contributed by atoms with Gasteiger partial charge in [0.15, 0.2) is 0 Å². The van der Waals surface area contributed by atoms with Crippen LogP contribution in [0.5, 0.6) is 0 Å². The molecule has 5 amide bonds. The number of fused-ring (bicyclic) bond motifs is 1. The lowest BCUT2D eigenvalue weighted by molar-refractivity contribution is -0.146. The molecule has 6 atom stereocenters. The van der Waals surface area contributed by atoms with Crippen molar-refractivity contribution in [3.8, 4) is 0 Å². The van der Waals surface area contributed by atoms with Crippen LogP contribution in [0.2, 0.25) is 0 Å². The number of piperidine rings is 1. The Labute approximate surface area is 325 Å². The minimum Gasteiger partial charge on any atom is -0.444 e. The maximum absolute atomic E-state index is 14.8. The monoisotopic (exact) mass is 757 g/mol. The van der Waals surface area contributed by atoms with Crippen LogP contribution in [0.1, 0.15) is 92.2 Å². The number of rotatable bonds is 15. The van der Waals surface area contributed by atoms with E-state index in [1.54, 1.807) is 20.8 Å². The Kier molecular flexibility index (Phi) is 13.4. The molecule has 12 heteroatoms. The Bertz CT molecular complexity index is 1690. The molecule has 1 heterocycles. The second-order valence-corrected chi connectivity index (χ2v) is 17.3. The molecule has 0 spiro atoms. The predicted molar refractivity (Wildman–Crippen MR) is 211 cm³/mol. The summed E-state index contributed by atoms with van der Waals surface area (Å²) in [7, 11) is 0. The maximum Gasteiger partial charge on any atom is 0.408 e. The number of ketones is 1. The first kappa shape index (κ1) is 42.7. The van der Waals surface area contributed by atoms with Crippen molar-refractivity contribution in [3.05, 3.63) is 84.4 Å². The standard InChI is InChI=1S/C43H59N5O7/c1-11-19-29(34(49)38(52)44-24-12-2)45-37(51)33-31-28(43(31,9)10)25-48(33)39(53)35(41(3,4)5)47-36(50)32(46-40(54)55-42(6,7)8)30(26-20-15-13-16-21-26)27-22-17-14-18-23-27/h12-18,20-23,28-33,35H,2,11,19,24-25H2,1,3-10H3,(H,44,52)(H,45,51)(H,46,54)(H,47,50)/t28?,29?,31?,32?,33-,35?/m0/s1. The van der Waals surface area contributed by atoms with Crippen LogP contribution in [0.3, 0.4) is 0 Å². The minimum atomic E-state index is -1.21. The number of carbonyl (C=O) groups is 6. The van der Waals surface area contributed by atoms with Gasteiger partial charge in [0.1, 0.15) is 23.7 Å². The molecule has 1 aliphatic carbocycles. The van der Waals surface area contributed by atoms with Crippen LogP contribution in [-0.2, 0) is 28.7 Å². The summed E-state index contributed by atoms with van der Waals surface area (Å²) >= 11 is 0. The van der Waals surface area contributed by atoms with Crippen molar-refractivity contribution in [2.24, 2.45) is 22.7 Å². The number of Topliss-reactive ketones (excluding diaryl/α,β-unsaturated/α-hetero) is 1. The van der Waals surface area contributed by atoms with E-state index in [0.29, 0.717) is 6.42 Å². The van der Waals surface area contributed by atoms with E-state index >= 15 is 0 Å². The smallest absolute Gasteiger partial charge is 0.408 e. The lowest BCUT2D eigenvalue weighted by Crippen LogP contribution is -2.62. The van der Waals surface area contributed by atoms with Gasteiger partial charge in [0.2, 0.25) is 23.5 Å². The third-order valence-electron chi connectivity index (χ3n) is 10.6. The van der Waals surface area contributed by atoms with Gasteiger partial charge in [-0.2, -0.15) is 0 Å². The van der Waals surface area contributed by atoms with Crippen LogP contribution in [0, 0.1) is 22.7 Å². The van der Waals surface area contributed by atoms with E-state index < -0.39 is 76.6 Å². The van der Waals surface area contributed by atoms with Gasteiger partial charge in [-0.15, -0.1) is 6.58 Å². The number of benzene rings is 2. The van der Waals surface area contributed by atoms with Gasteiger partial charge in [0.05, 0.1) is 6.04 Å². The zero-order valence-electron chi connectivity index (χ0n) is 33.7. The molecule has 2 aromatic carbocycles. The lowest BCUT2D eigenvalue weighted by Gasteiger charge is -2.39. The molecule has 5 unspecified atom stereocenters. The predicted octanol–water partition coefficient (Wildman–Crippen LogP) is 4.88. The summed E-state index contributed by atoms with van der Waals surface area (Å²) in [5, 5.41) is 11.1. The highest BCUT2D eigenvalue weighted by atomic mass is 16.6. The first-order valence-corrected chi connectivity index (χ1v) is 19.2. The number of nitrogens with zero attached hydrogens (tertiary/aromatic N) is 1. The molecule has 1 saturated heterocycles.